The largest absolute Gasteiger partial charge is 0.495 e. The van der Waals surface area contributed by atoms with Crippen LogP contribution in [0.1, 0.15) is 38.2 Å². The van der Waals surface area contributed by atoms with E-state index in [0.29, 0.717) is 17.6 Å². The van der Waals surface area contributed by atoms with E-state index in [1.807, 2.05) is 19.1 Å². The van der Waals surface area contributed by atoms with Crippen molar-refractivity contribution in [2.45, 2.75) is 50.5 Å². The Hall–Kier alpha value is -2.28. The molecule has 6 nitrogen and oxygen atoms in total. The third-order valence-electron chi connectivity index (χ3n) is 5.03. The van der Waals surface area contributed by atoms with E-state index < -0.39 is 10.0 Å². The molecule has 0 saturated carbocycles. The fourth-order valence-corrected chi connectivity index (χ4v) is 4.83. The number of rotatable bonds is 6. The molecule has 0 bridgehead atoms. The minimum Gasteiger partial charge on any atom is -0.495 e. The van der Waals surface area contributed by atoms with Gasteiger partial charge >= 0.3 is 0 Å². The lowest BCUT2D eigenvalue weighted by atomic mass is 9.99. The number of hydrogen-bond acceptors (Lipinski definition) is 5. The van der Waals surface area contributed by atoms with Crippen LogP contribution < -0.4 is 14.4 Å². The molecule has 1 aromatic heterocycles. The lowest BCUT2D eigenvalue weighted by Gasteiger charge is -2.37. The average Bonchev–Trinajstić information content (AvgIpc) is 2.68. The van der Waals surface area contributed by atoms with Crippen LogP contribution in [0.3, 0.4) is 0 Å². The van der Waals surface area contributed by atoms with Gasteiger partial charge in [-0.2, -0.15) is 0 Å². The summed E-state index contributed by atoms with van der Waals surface area (Å²) >= 11 is 0. The molecule has 27 heavy (non-hydrogen) atoms. The molecule has 1 unspecified atom stereocenters. The van der Waals surface area contributed by atoms with Crippen LogP contribution in [0.25, 0.3) is 0 Å². The van der Waals surface area contributed by atoms with E-state index in [2.05, 4.69) is 21.5 Å². The Bertz CT molecular complexity index is 882. The second-order valence-electron chi connectivity index (χ2n) is 6.91. The van der Waals surface area contributed by atoms with E-state index in [1.54, 1.807) is 24.4 Å². The molecule has 1 fully saturated rings. The quantitative estimate of drug-likeness (QED) is 0.809. The SMILES string of the molecule is CCC1CCCCN1c1ccc(NS(=O)(=O)c2cc(C)ccc2OC)nc1. The molecule has 1 saturated heterocycles. The highest BCUT2D eigenvalue weighted by atomic mass is 32.2. The molecule has 2 heterocycles. The summed E-state index contributed by atoms with van der Waals surface area (Å²) in [5.74, 6) is 0.608. The Morgan fingerprint density at radius 1 is 1.26 bits per heavy atom. The predicted molar refractivity (Wildman–Crippen MR) is 108 cm³/mol. The number of nitrogens with zero attached hydrogens (tertiary/aromatic N) is 2. The number of aryl methyl sites for hydroxylation is 1. The summed E-state index contributed by atoms with van der Waals surface area (Å²) in [6.07, 6.45) is 6.48. The maximum atomic E-state index is 12.8. The number of methoxy groups -OCH3 is 1. The summed E-state index contributed by atoms with van der Waals surface area (Å²) in [7, 11) is -2.32. The summed E-state index contributed by atoms with van der Waals surface area (Å²) in [5, 5.41) is 0. The summed E-state index contributed by atoms with van der Waals surface area (Å²) in [5.41, 5.74) is 1.88. The van der Waals surface area contributed by atoms with Gasteiger partial charge in [0.05, 0.1) is 19.0 Å². The number of piperidine rings is 1. The molecule has 1 aliphatic rings. The molecule has 3 rings (SSSR count). The molecule has 2 aromatic rings. The Labute approximate surface area is 161 Å². The summed E-state index contributed by atoms with van der Waals surface area (Å²) < 4.78 is 33.3. The van der Waals surface area contributed by atoms with Crippen molar-refractivity contribution in [3.05, 3.63) is 42.1 Å². The zero-order chi connectivity index (χ0) is 19.4. The second kappa shape index (κ2) is 8.17. The zero-order valence-electron chi connectivity index (χ0n) is 16.1. The van der Waals surface area contributed by atoms with Gasteiger partial charge in [-0.25, -0.2) is 13.4 Å². The number of pyridine rings is 1. The minimum absolute atomic E-state index is 0.109. The van der Waals surface area contributed by atoms with Crippen LogP contribution in [0.15, 0.2) is 41.4 Å². The van der Waals surface area contributed by atoms with Crippen molar-refractivity contribution in [1.82, 2.24) is 4.98 Å². The molecule has 1 aromatic carbocycles. The number of nitrogens with one attached hydrogen (secondary N) is 1. The zero-order valence-corrected chi connectivity index (χ0v) is 16.9. The van der Waals surface area contributed by atoms with Crippen LogP contribution in [0, 0.1) is 6.92 Å². The molecule has 0 radical (unpaired) electrons. The van der Waals surface area contributed by atoms with Crippen LogP contribution in [-0.4, -0.2) is 33.1 Å². The standard InChI is InChI=1S/C20H27N3O3S/c1-4-16-7-5-6-12-23(16)17-9-11-20(21-14-17)22-27(24,25)19-13-15(2)8-10-18(19)26-3/h8-11,13-14,16H,4-7,12H2,1-3H3,(H,21,22). The van der Waals surface area contributed by atoms with Crippen molar-refractivity contribution in [1.29, 1.82) is 0 Å². The molecule has 1 aliphatic heterocycles. The smallest absolute Gasteiger partial charge is 0.266 e. The van der Waals surface area contributed by atoms with Gasteiger partial charge in [-0.05, 0) is 62.4 Å². The van der Waals surface area contributed by atoms with Crippen molar-refractivity contribution in [2.24, 2.45) is 0 Å². The monoisotopic (exact) mass is 389 g/mol. The van der Waals surface area contributed by atoms with E-state index >= 15 is 0 Å². The Morgan fingerprint density at radius 3 is 2.74 bits per heavy atom. The van der Waals surface area contributed by atoms with Crippen LogP contribution in [-0.2, 0) is 10.0 Å². The van der Waals surface area contributed by atoms with Crippen molar-refractivity contribution in [3.63, 3.8) is 0 Å². The van der Waals surface area contributed by atoms with E-state index in [0.717, 1.165) is 24.2 Å². The van der Waals surface area contributed by atoms with Crippen LogP contribution in [0.4, 0.5) is 11.5 Å². The third-order valence-corrected chi connectivity index (χ3v) is 6.40. The molecule has 1 N–H and O–H groups in total. The maximum absolute atomic E-state index is 12.8. The fourth-order valence-electron chi connectivity index (χ4n) is 3.57. The topological polar surface area (TPSA) is 71.5 Å². The first-order chi connectivity index (χ1) is 12.9. The fraction of sp³-hybridized carbons (Fsp3) is 0.450. The number of sulfonamides is 1. The van der Waals surface area contributed by atoms with Crippen LogP contribution >= 0.6 is 0 Å². The average molecular weight is 390 g/mol. The first-order valence-electron chi connectivity index (χ1n) is 9.34. The molecular weight excluding hydrogens is 362 g/mol. The Morgan fingerprint density at radius 2 is 2.07 bits per heavy atom. The lowest BCUT2D eigenvalue weighted by Crippen LogP contribution is -2.39. The summed E-state index contributed by atoms with van der Waals surface area (Å²) in [6.45, 7) is 5.06. The van der Waals surface area contributed by atoms with Gasteiger partial charge in [0.1, 0.15) is 16.5 Å². The summed E-state index contributed by atoms with van der Waals surface area (Å²) in [6, 6.07) is 9.24. The Kier molecular flexibility index (Phi) is 5.89. The number of ether oxygens (including phenoxy) is 1. The van der Waals surface area contributed by atoms with Crippen molar-refractivity contribution in [2.75, 3.05) is 23.3 Å². The molecule has 7 heteroatoms. The van der Waals surface area contributed by atoms with Gasteiger partial charge < -0.3 is 9.64 Å². The van der Waals surface area contributed by atoms with E-state index in [9.17, 15) is 8.42 Å². The van der Waals surface area contributed by atoms with E-state index in [1.165, 1.54) is 26.4 Å². The molecular formula is C20H27N3O3S. The van der Waals surface area contributed by atoms with E-state index in [-0.39, 0.29) is 4.90 Å². The molecule has 0 spiro atoms. The first kappa shape index (κ1) is 19.5. The highest BCUT2D eigenvalue weighted by Crippen LogP contribution is 2.29. The number of aromatic nitrogens is 1. The van der Waals surface area contributed by atoms with Gasteiger partial charge in [-0.1, -0.05) is 13.0 Å². The summed E-state index contributed by atoms with van der Waals surface area (Å²) in [4.78, 5) is 6.82. The highest BCUT2D eigenvalue weighted by molar-refractivity contribution is 7.92. The molecule has 146 valence electrons. The lowest BCUT2D eigenvalue weighted by molar-refractivity contribution is 0.402. The maximum Gasteiger partial charge on any atom is 0.266 e. The minimum atomic E-state index is -3.78. The number of hydrogen-bond donors (Lipinski definition) is 1. The molecule has 1 atom stereocenters. The van der Waals surface area contributed by atoms with Gasteiger partial charge in [-0.3, -0.25) is 4.72 Å². The van der Waals surface area contributed by atoms with Crippen molar-refractivity contribution >= 4 is 21.5 Å². The van der Waals surface area contributed by atoms with Crippen LogP contribution in [0.5, 0.6) is 5.75 Å². The van der Waals surface area contributed by atoms with Crippen molar-refractivity contribution < 1.29 is 13.2 Å². The number of anilines is 2. The van der Waals surface area contributed by atoms with Gasteiger partial charge in [0.2, 0.25) is 0 Å². The van der Waals surface area contributed by atoms with Gasteiger partial charge in [0.15, 0.2) is 0 Å². The number of benzene rings is 1. The molecule has 0 aliphatic carbocycles. The normalized spacial score (nSPS) is 17.6. The van der Waals surface area contributed by atoms with Gasteiger partial charge in [0, 0.05) is 12.6 Å². The van der Waals surface area contributed by atoms with Crippen LogP contribution in [0.2, 0.25) is 0 Å². The second-order valence-corrected chi connectivity index (χ2v) is 8.56. The first-order valence-corrected chi connectivity index (χ1v) is 10.8. The predicted octanol–water partition coefficient (Wildman–Crippen LogP) is 3.97. The Balaban J connectivity index is 1.81. The highest BCUT2D eigenvalue weighted by Gasteiger charge is 2.23. The van der Waals surface area contributed by atoms with Gasteiger partial charge in [-0.15, -0.1) is 0 Å². The molecule has 0 amide bonds. The third kappa shape index (κ3) is 4.35. The van der Waals surface area contributed by atoms with E-state index in [4.69, 9.17) is 4.74 Å². The van der Waals surface area contributed by atoms with Crippen molar-refractivity contribution in [3.8, 4) is 5.75 Å². The van der Waals surface area contributed by atoms with Gasteiger partial charge in [0.25, 0.3) is 10.0 Å².